The average molecular weight is 463 g/mol. The van der Waals surface area contributed by atoms with Gasteiger partial charge in [0.15, 0.2) is 0 Å². The highest BCUT2D eigenvalue weighted by Crippen LogP contribution is 2.02. The van der Waals surface area contributed by atoms with Crippen LogP contribution in [0.5, 0.6) is 0 Å². The number of carbonyl (C=O) groups excluding carboxylic acids is 4. The van der Waals surface area contributed by atoms with Gasteiger partial charge in [-0.25, -0.2) is 14.8 Å². The maximum atomic E-state index is 12.7. The molecule has 0 aliphatic carbocycles. The number of imidazole rings is 2. The molecule has 15 nitrogen and oxygen atoms in total. The Balaban J connectivity index is 1.97. The van der Waals surface area contributed by atoms with Crippen LogP contribution in [-0.4, -0.2) is 79.3 Å². The van der Waals surface area contributed by atoms with E-state index in [0.717, 1.165) is 0 Å². The van der Waals surface area contributed by atoms with Crippen LogP contribution in [0.25, 0.3) is 0 Å². The van der Waals surface area contributed by atoms with Gasteiger partial charge in [-0.3, -0.25) is 19.2 Å². The molecule has 2 heterocycles. The minimum Gasteiger partial charge on any atom is -0.480 e. The van der Waals surface area contributed by atoms with E-state index in [9.17, 15) is 24.0 Å². The van der Waals surface area contributed by atoms with E-state index in [4.69, 9.17) is 16.6 Å². The molecule has 0 aliphatic heterocycles. The lowest BCUT2D eigenvalue weighted by Gasteiger charge is -2.20. The first kappa shape index (κ1) is 25.0. The smallest absolute Gasteiger partial charge is 0.326 e. The summed E-state index contributed by atoms with van der Waals surface area (Å²) >= 11 is 0. The number of carbonyl (C=O) groups is 5. The number of aromatic amines is 2. The van der Waals surface area contributed by atoms with Gasteiger partial charge in [-0.1, -0.05) is 0 Å². The van der Waals surface area contributed by atoms with Gasteiger partial charge in [0.25, 0.3) is 0 Å². The van der Waals surface area contributed by atoms with Crippen molar-refractivity contribution >= 4 is 29.6 Å². The molecule has 0 radical (unpaired) electrons. The zero-order valence-electron chi connectivity index (χ0n) is 17.4. The van der Waals surface area contributed by atoms with Gasteiger partial charge in [-0.15, -0.1) is 0 Å². The normalized spacial score (nSPS) is 13.4. The van der Waals surface area contributed by atoms with Gasteiger partial charge in [0.1, 0.15) is 12.1 Å². The van der Waals surface area contributed by atoms with Crippen molar-refractivity contribution in [1.82, 2.24) is 35.9 Å². The highest BCUT2D eigenvalue weighted by molar-refractivity contribution is 5.93. The van der Waals surface area contributed by atoms with Gasteiger partial charge in [0.2, 0.25) is 23.6 Å². The Bertz CT molecular complexity index is 960. The Kier molecular flexibility index (Phi) is 9.05. The van der Waals surface area contributed by atoms with Crippen LogP contribution < -0.4 is 27.4 Å². The summed E-state index contributed by atoms with van der Waals surface area (Å²) in [6.07, 6.45) is 5.47. The number of hydrogen-bond acceptors (Lipinski definition) is 8. The van der Waals surface area contributed by atoms with Gasteiger partial charge >= 0.3 is 5.97 Å². The van der Waals surface area contributed by atoms with Crippen molar-refractivity contribution in [2.45, 2.75) is 37.4 Å². The Morgan fingerprint density at radius 1 is 0.939 bits per heavy atom. The van der Waals surface area contributed by atoms with E-state index in [0.29, 0.717) is 11.4 Å². The lowest BCUT2D eigenvalue weighted by atomic mass is 10.1. The van der Waals surface area contributed by atoms with E-state index >= 15 is 0 Å². The number of aromatic nitrogens is 4. The molecular formula is C18H25N9O6. The van der Waals surface area contributed by atoms with Gasteiger partial charge in [-0.05, 0) is 0 Å². The molecule has 0 saturated carbocycles. The molecule has 2 rings (SSSR count). The molecule has 0 spiro atoms. The first-order chi connectivity index (χ1) is 15.7. The minimum absolute atomic E-state index is 0.00273. The number of primary amides is 1. The summed E-state index contributed by atoms with van der Waals surface area (Å²) < 4.78 is 0. The molecule has 178 valence electrons. The molecule has 2 aromatic heterocycles. The van der Waals surface area contributed by atoms with Crippen molar-refractivity contribution in [2.24, 2.45) is 11.5 Å². The second-order valence-corrected chi connectivity index (χ2v) is 7.04. The molecule has 4 amide bonds. The lowest BCUT2D eigenvalue weighted by Crippen LogP contribution is -2.54. The number of nitrogens with one attached hydrogen (secondary N) is 5. The number of carboxylic acid groups (broad SMARTS) is 1. The van der Waals surface area contributed by atoms with Crippen molar-refractivity contribution in [3.05, 3.63) is 36.4 Å². The Labute approximate surface area is 187 Å². The minimum atomic E-state index is -1.54. The summed E-state index contributed by atoms with van der Waals surface area (Å²) in [6, 6.07) is -3.65. The first-order valence-electron chi connectivity index (χ1n) is 9.75. The fourth-order valence-electron chi connectivity index (χ4n) is 2.76. The molecule has 0 aliphatic rings. The fourth-order valence-corrected chi connectivity index (χ4v) is 2.76. The van der Waals surface area contributed by atoms with Crippen LogP contribution in [0.3, 0.4) is 0 Å². The van der Waals surface area contributed by atoms with E-state index in [1.54, 1.807) is 6.20 Å². The highest BCUT2D eigenvalue weighted by atomic mass is 16.4. The molecule has 0 saturated heterocycles. The Hall–Kier alpha value is -4.27. The number of carboxylic acids is 1. The predicted molar refractivity (Wildman–Crippen MR) is 111 cm³/mol. The number of amides is 4. The highest BCUT2D eigenvalue weighted by Gasteiger charge is 2.27. The standard InChI is InChI=1S/C18H25N9O6/c19-11(1-9-4-21-7-24-9)16(30)27-12(2-10-5-22-8-25-10)17(31)23-6-15(29)26-13(18(32)33)3-14(20)28/h4-5,7-8,11-13H,1-3,6,19H2,(H2,20,28)(H,21,24)(H,22,25)(H,23,31)(H,26,29)(H,27,30)(H,32,33)/t11-,12-,13-/m0/s1. The quantitative estimate of drug-likeness (QED) is 0.145. The summed E-state index contributed by atoms with van der Waals surface area (Å²) in [5, 5.41) is 16.0. The fraction of sp³-hybridized carbons (Fsp3) is 0.389. The molecular weight excluding hydrogens is 438 g/mol. The van der Waals surface area contributed by atoms with E-state index in [1.807, 2.05) is 0 Å². The van der Waals surface area contributed by atoms with Gasteiger partial charge in [0, 0.05) is 25.2 Å². The van der Waals surface area contributed by atoms with E-state index < -0.39 is 60.7 Å². The number of H-pyrrole nitrogens is 2. The molecule has 0 fully saturated rings. The van der Waals surface area contributed by atoms with Crippen LogP contribution in [0.2, 0.25) is 0 Å². The zero-order chi connectivity index (χ0) is 24.4. The summed E-state index contributed by atoms with van der Waals surface area (Å²) in [5.41, 5.74) is 11.9. The SMILES string of the molecule is NC(=O)C[C@H](NC(=O)CNC(=O)[C@H](Cc1c[nH]cn1)NC(=O)[C@@H](N)Cc1c[nH]cn1)C(=O)O. The van der Waals surface area contributed by atoms with Crippen LogP contribution in [0.4, 0.5) is 0 Å². The third-order valence-corrected chi connectivity index (χ3v) is 4.38. The summed E-state index contributed by atoms with van der Waals surface area (Å²) in [7, 11) is 0. The number of nitrogens with zero attached hydrogens (tertiary/aromatic N) is 2. The number of rotatable bonds is 13. The van der Waals surface area contributed by atoms with E-state index in [2.05, 4.69) is 35.9 Å². The van der Waals surface area contributed by atoms with Gasteiger partial charge in [0.05, 0.1) is 43.0 Å². The van der Waals surface area contributed by atoms with Crippen molar-refractivity contribution in [1.29, 1.82) is 0 Å². The molecule has 15 heteroatoms. The van der Waals surface area contributed by atoms with Crippen LogP contribution in [0.1, 0.15) is 17.8 Å². The predicted octanol–water partition coefficient (Wildman–Crippen LogP) is -3.71. The van der Waals surface area contributed by atoms with Crippen molar-refractivity contribution in [3.63, 3.8) is 0 Å². The Morgan fingerprint density at radius 3 is 2.06 bits per heavy atom. The van der Waals surface area contributed by atoms with E-state index in [-0.39, 0.29) is 12.8 Å². The maximum Gasteiger partial charge on any atom is 0.326 e. The molecule has 3 atom stereocenters. The molecule has 10 N–H and O–H groups in total. The lowest BCUT2D eigenvalue weighted by molar-refractivity contribution is -0.143. The zero-order valence-corrected chi connectivity index (χ0v) is 17.4. The van der Waals surface area contributed by atoms with Crippen molar-refractivity contribution < 1.29 is 29.1 Å². The Morgan fingerprint density at radius 2 is 1.55 bits per heavy atom. The van der Waals surface area contributed by atoms with Crippen LogP contribution >= 0.6 is 0 Å². The number of hydrogen-bond donors (Lipinski definition) is 8. The van der Waals surface area contributed by atoms with Crippen LogP contribution in [-0.2, 0) is 36.8 Å². The van der Waals surface area contributed by atoms with Crippen molar-refractivity contribution in [2.75, 3.05) is 6.54 Å². The van der Waals surface area contributed by atoms with Gasteiger partial charge < -0.3 is 42.5 Å². The summed E-state index contributed by atoms with van der Waals surface area (Å²) in [4.78, 5) is 72.7. The summed E-state index contributed by atoms with van der Waals surface area (Å²) in [5.74, 6) is -4.58. The second-order valence-electron chi connectivity index (χ2n) is 7.04. The average Bonchev–Trinajstić information content (AvgIpc) is 3.44. The topological polar surface area (TPSA) is 251 Å². The monoisotopic (exact) mass is 463 g/mol. The molecule has 33 heavy (non-hydrogen) atoms. The van der Waals surface area contributed by atoms with Crippen LogP contribution in [0.15, 0.2) is 25.0 Å². The third-order valence-electron chi connectivity index (χ3n) is 4.38. The second kappa shape index (κ2) is 11.9. The maximum absolute atomic E-state index is 12.7. The summed E-state index contributed by atoms with van der Waals surface area (Å²) in [6.45, 7) is -0.604. The number of nitrogens with two attached hydrogens (primary N) is 2. The van der Waals surface area contributed by atoms with Crippen molar-refractivity contribution in [3.8, 4) is 0 Å². The molecule has 0 bridgehead atoms. The first-order valence-corrected chi connectivity index (χ1v) is 9.75. The molecule has 2 aromatic rings. The molecule has 0 unspecified atom stereocenters. The van der Waals surface area contributed by atoms with Crippen LogP contribution in [0, 0.1) is 0 Å². The third kappa shape index (κ3) is 8.41. The largest absolute Gasteiger partial charge is 0.480 e. The van der Waals surface area contributed by atoms with Gasteiger partial charge in [-0.2, -0.15) is 0 Å². The number of aliphatic carboxylic acids is 1. The molecule has 0 aromatic carbocycles. The van der Waals surface area contributed by atoms with E-state index in [1.165, 1.54) is 18.9 Å².